The van der Waals surface area contributed by atoms with E-state index in [0.29, 0.717) is 17.2 Å². The number of esters is 1. The van der Waals surface area contributed by atoms with Crippen molar-refractivity contribution in [3.8, 4) is 5.69 Å². The molecule has 0 aliphatic carbocycles. The van der Waals surface area contributed by atoms with Crippen molar-refractivity contribution in [2.45, 2.75) is 25.0 Å². The molecule has 4 nitrogen and oxygen atoms in total. The van der Waals surface area contributed by atoms with Gasteiger partial charge in [-0.15, -0.1) is 23.1 Å². The third-order valence-electron chi connectivity index (χ3n) is 2.93. The van der Waals surface area contributed by atoms with Gasteiger partial charge in [0.05, 0.1) is 6.61 Å². The van der Waals surface area contributed by atoms with Crippen LogP contribution in [0.1, 0.15) is 27.7 Å². The second kappa shape index (κ2) is 6.49. The standard InChI is InChI=1S/C15H18N2O2S2/c1-5-19-14(18)13-11(16)12(15(20-4)21-13)17-7-9(2)6-10(3)8-17/h6-8H,5H2,1-4H3,(H-,16,18)/p+1. The summed E-state index contributed by atoms with van der Waals surface area (Å²) in [5.74, 6) is -0.355. The summed E-state index contributed by atoms with van der Waals surface area (Å²) in [6.07, 6.45) is 6.01. The molecule has 0 radical (unpaired) electrons. The summed E-state index contributed by atoms with van der Waals surface area (Å²) in [6, 6.07) is 2.10. The van der Waals surface area contributed by atoms with E-state index in [4.69, 9.17) is 10.5 Å². The van der Waals surface area contributed by atoms with Gasteiger partial charge in [-0.2, -0.15) is 4.57 Å². The van der Waals surface area contributed by atoms with Gasteiger partial charge in [-0.25, -0.2) is 4.79 Å². The van der Waals surface area contributed by atoms with E-state index in [2.05, 4.69) is 6.07 Å². The molecule has 0 saturated carbocycles. The Hall–Kier alpha value is -1.53. The summed E-state index contributed by atoms with van der Waals surface area (Å²) in [4.78, 5) is 12.5. The number of ether oxygens (including phenoxy) is 1. The number of aromatic nitrogens is 1. The number of rotatable bonds is 4. The minimum Gasteiger partial charge on any atom is -0.462 e. The number of pyridine rings is 1. The number of hydrogen-bond donors (Lipinski definition) is 1. The van der Waals surface area contributed by atoms with E-state index in [1.807, 2.05) is 37.1 Å². The monoisotopic (exact) mass is 323 g/mol. The fourth-order valence-electron chi connectivity index (χ4n) is 2.18. The molecule has 6 heteroatoms. The maximum atomic E-state index is 12.0. The lowest BCUT2D eigenvalue weighted by Gasteiger charge is -2.01. The Bertz CT molecular complexity index is 660. The van der Waals surface area contributed by atoms with Crippen LogP contribution in [0.15, 0.2) is 22.7 Å². The minimum absolute atomic E-state index is 0.344. The lowest BCUT2D eigenvalue weighted by atomic mass is 10.2. The Balaban J connectivity index is 2.60. The molecular weight excluding hydrogens is 304 g/mol. The second-order valence-corrected chi connectivity index (χ2v) is 6.80. The van der Waals surface area contributed by atoms with Gasteiger partial charge in [-0.05, 0) is 33.1 Å². The zero-order valence-corrected chi connectivity index (χ0v) is 14.2. The highest BCUT2D eigenvalue weighted by Crippen LogP contribution is 2.37. The van der Waals surface area contributed by atoms with Gasteiger partial charge >= 0.3 is 5.97 Å². The van der Waals surface area contributed by atoms with Crippen LogP contribution in [0, 0.1) is 13.8 Å². The van der Waals surface area contributed by atoms with Crippen LogP contribution in [0.3, 0.4) is 0 Å². The van der Waals surface area contributed by atoms with Crippen molar-refractivity contribution in [3.63, 3.8) is 0 Å². The van der Waals surface area contributed by atoms with Crippen molar-refractivity contribution in [1.29, 1.82) is 0 Å². The summed E-state index contributed by atoms with van der Waals surface area (Å²) in [5, 5.41) is 0. The Morgan fingerprint density at radius 2 is 2.00 bits per heavy atom. The molecule has 0 amide bonds. The van der Waals surface area contributed by atoms with Crippen LogP contribution in [0.5, 0.6) is 0 Å². The summed E-state index contributed by atoms with van der Waals surface area (Å²) in [5.41, 5.74) is 9.85. The van der Waals surface area contributed by atoms with Gasteiger partial charge in [0, 0.05) is 11.1 Å². The van der Waals surface area contributed by atoms with Gasteiger partial charge < -0.3 is 10.5 Å². The van der Waals surface area contributed by atoms with Crippen LogP contribution < -0.4 is 10.3 Å². The van der Waals surface area contributed by atoms with E-state index >= 15 is 0 Å². The molecule has 0 aliphatic rings. The highest BCUT2D eigenvalue weighted by atomic mass is 32.2. The molecule has 2 aromatic rings. The Morgan fingerprint density at radius 3 is 2.52 bits per heavy atom. The first-order valence-corrected chi connectivity index (χ1v) is 8.65. The number of nitrogens with two attached hydrogens (primary N) is 1. The molecule has 0 unspecified atom stereocenters. The lowest BCUT2D eigenvalue weighted by molar-refractivity contribution is -0.597. The van der Waals surface area contributed by atoms with E-state index < -0.39 is 0 Å². The van der Waals surface area contributed by atoms with Crippen LogP contribution in [-0.4, -0.2) is 18.8 Å². The molecule has 2 heterocycles. The number of nitrogens with zero attached hydrogens (tertiary/aromatic N) is 1. The zero-order valence-electron chi connectivity index (χ0n) is 12.6. The first kappa shape index (κ1) is 15.9. The summed E-state index contributed by atoms with van der Waals surface area (Å²) < 4.78 is 8.07. The average molecular weight is 323 g/mol. The maximum Gasteiger partial charge on any atom is 0.350 e. The Kier molecular flexibility index (Phi) is 4.90. The first-order chi connectivity index (χ1) is 9.97. The smallest absolute Gasteiger partial charge is 0.350 e. The fourth-order valence-corrected chi connectivity index (χ4v) is 4.02. The highest BCUT2D eigenvalue weighted by molar-refractivity contribution is 8.00. The van der Waals surface area contributed by atoms with Crippen molar-refractivity contribution in [2.24, 2.45) is 0 Å². The maximum absolute atomic E-state index is 12.0. The van der Waals surface area contributed by atoms with Gasteiger partial charge in [-0.3, -0.25) is 0 Å². The van der Waals surface area contributed by atoms with Gasteiger partial charge in [0.25, 0.3) is 5.69 Å². The molecule has 0 fully saturated rings. The number of carbonyl (C=O) groups is 1. The molecule has 0 spiro atoms. The zero-order chi connectivity index (χ0) is 15.6. The molecule has 21 heavy (non-hydrogen) atoms. The molecule has 2 aromatic heterocycles. The predicted octanol–water partition coefficient (Wildman–Crippen LogP) is 3.12. The van der Waals surface area contributed by atoms with Gasteiger partial charge in [0.2, 0.25) is 0 Å². The van der Waals surface area contributed by atoms with Crippen LogP contribution >= 0.6 is 23.1 Å². The van der Waals surface area contributed by atoms with Crippen molar-refractivity contribution in [1.82, 2.24) is 0 Å². The first-order valence-electron chi connectivity index (χ1n) is 6.61. The molecule has 0 aliphatic heterocycles. The summed E-state index contributed by atoms with van der Waals surface area (Å²) in [7, 11) is 0. The molecule has 0 atom stereocenters. The number of nitrogen functional groups attached to an aromatic ring is 1. The molecule has 0 saturated heterocycles. The van der Waals surface area contributed by atoms with E-state index in [0.717, 1.165) is 21.0 Å². The molecule has 2 N–H and O–H groups in total. The molecule has 2 rings (SSSR count). The second-order valence-electron chi connectivity index (χ2n) is 4.70. The molecular formula is C15H19N2O2S2+. The summed E-state index contributed by atoms with van der Waals surface area (Å²) >= 11 is 2.97. The molecule has 112 valence electrons. The minimum atomic E-state index is -0.355. The van der Waals surface area contributed by atoms with Crippen LogP contribution in [0.2, 0.25) is 0 Å². The summed E-state index contributed by atoms with van der Waals surface area (Å²) in [6.45, 7) is 6.21. The highest BCUT2D eigenvalue weighted by Gasteiger charge is 2.28. The average Bonchev–Trinajstić information content (AvgIpc) is 2.75. The van der Waals surface area contributed by atoms with E-state index in [1.165, 1.54) is 11.3 Å². The van der Waals surface area contributed by atoms with Crippen LogP contribution in [0.4, 0.5) is 5.69 Å². The van der Waals surface area contributed by atoms with Gasteiger partial charge in [0.15, 0.2) is 12.4 Å². The van der Waals surface area contributed by atoms with Crippen LogP contribution in [0.25, 0.3) is 5.69 Å². The van der Waals surface area contributed by atoms with Crippen molar-refractivity contribution >= 4 is 34.8 Å². The van der Waals surface area contributed by atoms with E-state index in [-0.39, 0.29) is 5.97 Å². The number of aryl methyl sites for hydroxylation is 2. The number of hydrogen-bond acceptors (Lipinski definition) is 5. The Morgan fingerprint density at radius 1 is 1.38 bits per heavy atom. The van der Waals surface area contributed by atoms with Gasteiger partial charge in [-0.1, -0.05) is 0 Å². The SMILES string of the molecule is CCOC(=O)c1sc(SC)c(-[n+]2cc(C)cc(C)c2)c1N. The number of carbonyl (C=O) groups excluding carboxylic acids is 1. The van der Waals surface area contributed by atoms with Crippen molar-refractivity contribution < 1.29 is 14.1 Å². The predicted molar refractivity (Wildman–Crippen MR) is 87.5 cm³/mol. The van der Waals surface area contributed by atoms with Crippen molar-refractivity contribution in [2.75, 3.05) is 18.6 Å². The van der Waals surface area contributed by atoms with E-state index in [9.17, 15) is 4.79 Å². The molecule has 0 aromatic carbocycles. The number of thiophene rings is 1. The van der Waals surface area contributed by atoms with Crippen LogP contribution in [-0.2, 0) is 4.74 Å². The number of thioether (sulfide) groups is 1. The normalized spacial score (nSPS) is 10.7. The third-order valence-corrected chi connectivity index (χ3v) is 5.22. The molecule has 0 bridgehead atoms. The van der Waals surface area contributed by atoms with Gasteiger partial charge in [0.1, 0.15) is 14.8 Å². The lowest BCUT2D eigenvalue weighted by Crippen LogP contribution is -2.32. The van der Waals surface area contributed by atoms with E-state index in [1.54, 1.807) is 18.7 Å². The Labute approximate surface area is 132 Å². The topological polar surface area (TPSA) is 56.2 Å². The number of anilines is 1. The largest absolute Gasteiger partial charge is 0.462 e. The third kappa shape index (κ3) is 3.22. The van der Waals surface area contributed by atoms with Crippen molar-refractivity contribution in [3.05, 3.63) is 34.5 Å². The fraction of sp³-hybridized carbons (Fsp3) is 0.333. The quantitative estimate of drug-likeness (QED) is 0.533.